The molecule has 0 aliphatic carbocycles. The van der Waals surface area contributed by atoms with Crippen molar-refractivity contribution in [3.05, 3.63) is 29.6 Å². The highest BCUT2D eigenvalue weighted by Crippen LogP contribution is 2.34. The lowest BCUT2D eigenvalue weighted by molar-refractivity contribution is 0.0306. The van der Waals surface area contributed by atoms with Crippen LogP contribution in [0.4, 0.5) is 5.95 Å². The molecule has 1 N–H and O–H groups in total. The van der Waals surface area contributed by atoms with Crippen LogP contribution in [0.1, 0.15) is 38.7 Å². The number of hydrogen-bond donors (Lipinski definition) is 1. The van der Waals surface area contributed by atoms with Crippen molar-refractivity contribution in [2.45, 2.75) is 39.7 Å². The fourth-order valence-electron chi connectivity index (χ4n) is 3.84. The third-order valence-electron chi connectivity index (χ3n) is 5.41. The monoisotopic (exact) mass is 360 g/mol. The molecular formula is C20H32N4O2. The lowest BCUT2D eigenvalue weighted by Gasteiger charge is -2.41. The van der Waals surface area contributed by atoms with Gasteiger partial charge in [0.1, 0.15) is 0 Å². The van der Waals surface area contributed by atoms with Gasteiger partial charge in [-0.1, -0.05) is 11.6 Å². The van der Waals surface area contributed by atoms with Crippen LogP contribution in [0.3, 0.4) is 0 Å². The van der Waals surface area contributed by atoms with Crippen LogP contribution >= 0.6 is 0 Å². The number of likely N-dealkylation sites (tertiary alicyclic amines) is 1. The minimum atomic E-state index is -0.00980. The van der Waals surface area contributed by atoms with E-state index in [2.05, 4.69) is 39.7 Å². The van der Waals surface area contributed by atoms with Crippen LogP contribution in [0.2, 0.25) is 0 Å². The van der Waals surface area contributed by atoms with Crippen LogP contribution < -0.4 is 4.90 Å². The van der Waals surface area contributed by atoms with Crippen molar-refractivity contribution in [2.75, 3.05) is 50.9 Å². The van der Waals surface area contributed by atoms with Gasteiger partial charge in [0.05, 0.1) is 19.8 Å². The third kappa shape index (κ3) is 5.02. The van der Waals surface area contributed by atoms with Gasteiger partial charge < -0.3 is 14.7 Å². The summed E-state index contributed by atoms with van der Waals surface area (Å²) in [5.74, 6) is 0.795. The number of ether oxygens (including phenoxy) is 1. The summed E-state index contributed by atoms with van der Waals surface area (Å²) in [4.78, 5) is 13.7. The molecule has 3 rings (SSSR count). The molecule has 0 saturated carbocycles. The average Bonchev–Trinajstić information content (AvgIpc) is 2.68. The normalized spacial score (nSPS) is 24.5. The van der Waals surface area contributed by atoms with Gasteiger partial charge in [0.15, 0.2) is 0 Å². The Morgan fingerprint density at radius 1 is 1.23 bits per heavy atom. The van der Waals surface area contributed by atoms with Gasteiger partial charge in [-0.15, -0.1) is 0 Å². The SMILES string of the molecule is CC(C)=CCC1(CO)CCCN(Cc2cnc(N3CCOCC3)nc2)C1. The zero-order valence-corrected chi connectivity index (χ0v) is 16.2. The number of allylic oxidation sites excluding steroid dienone is 2. The highest BCUT2D eigenvalue weighted by atomic mass is 16.5. The predicted molar refractivity (Wildman–Crippen MR) is 103 cm³/mol. The summed E-state index contributed by atoms with van der Waals surface area (Å²) in [5, 5.41) is 10.0. The first-order valence-electron chi connectivity index (χ1n) is 9.70. The maximum atomic E-state index is 10.0. The van der Waals surface area contributed by atoms with Gasteiger partial charge in [0.2, 0.25) is 5.95 Å². The van der Waals surface area contributed by atoms with E-state index in [4.69, 9.17) is 4.74 Å². The molecule has 1 atom stereocenters. The minimum absolute atomic E-state index is 0.00980. The van der Waals surface area contributed by atoms with E-state index < -0.39 is 0 Å². The van der Waals surface area contributed by atoms with Gasteiger partial charge >= 0.3 is 0 Å². The molecule has 6 nitrogen and oxygen atoms in total. The maximum absolute atomic E-state index is 10.0. The quantitative estimate of drug-likeness (QED) is 0.785. The summed E-state index contributed by atoms with van der Waals surface area (Å²) in [6.07, 6.45) is 9.33. The molecule has 2 aliphatic heterocycles. The Balaban J connectivity index is 1.60. The van der Waals surface area contributed by atoms with E-state index in [0.717, 1.165) is 76.7 Å². The third-order valence-corrected chi connectivity index (χ3v) is 5.41. The van der Waals surface area contributed by atoms with Crippen LogP contribution in [0, 0.1) is 5.41 Å². The topological polar surface area (TPSA) is 61.7 Å². The van der Waals surface area contributed by atoms with E-state index in [1.807, 2.05) is 12.4 Å². The summed E-state index contributed by atoms with van der Waals surface area (Å²) >= 11 is 0. The largest absolute Gasteiger partial charge is 0.396 e. The molecule has 0 aromatic carbocycles. The van der Waals surface area contributed by atoms with Crippen LogP contribution in [0.15, 0.2) is 24.0 Å². The Hall–Kier alpha value is -1.50. The summed E-state index contributed by atoms with van der Waals surface area (Å²) in [6.45, 7) is 10.5. The number of anilines is 1. The van der Waals surface area contributed by atoms with Crippen LogP contribution in [-0.2, 0) is 11.3 Å². The zero-order chi connectivity index (χ0) is 18.4. The molecule has 0 bridgehead atoms. The van der Waals surface area contributed by atoms with E-state index in [0.29, 0.717) is 0 Å². The minimum Gasteiger partial charge on any atom is -0.396 e. The van der Waals surface area contributed by atoms with E-state index in [-0.39, 0.29) is 12.0 Å². The summed E-state index contributed by atoms with van der Waals surface area (Å²) in [7, 11) is 0. The Kier molecular flexibility index (Phi) is 6.62. The molecule has 2 fully saturated rings. The van der Waals surface area contributed by atoms with Gasteiger partial charge in [0, 0.05) is 49.6 Å². The number of aromatic nitrogens is 2. The Labute approximate surface area is 156 Å². The molecule has 26 heavy (non-hydrogen) atoms. The average molecular weight is 361 g/mol. The second kappa shape index (κ2) is 8.93. The highest BCUT2D eigenvalue weighted by molar-refractivity contribution is 5.30. The number of morpholine rings is 1. The van der Waals surface area contributed by atoms with Crippen molar-refractivity contribution in [3.63, 3.8) is 0 Å². The van der Waals surface area contributed by atoms with E-state index in [9.17, 15) is 5.11 Å². The van der Waals surface area contributed by atoms with Gasteiger partial charge in [-0.05, 0) is 39.7 Å². The molecule has 2 aliphatic rings. The molecule has 2 saturated heterocycles. The Morgan fingerprint density at radius 2 is 1.96 bits per heavy atom. The Morgan fingerprint density at radius 3 is 2.62 bits per heavy atom. The molecule has 0 spiro atoms. The molecule has 0 amide bonds. The number of aliphatic hydroxyl groups excluding tert-OH is 1. The first-order valence-corrected chi connectivity index (χ1v) is 9.70. The first-order chi connectivity index (χ1) is 12.6. The van der Waals surface area contributed by atoms with Crippen molar-refractivity contribution in [1.29, 1.82) is 0 Å². The van der Waals surface area contributed by atoms with Crippen LogP contribution in [-0.4, -0.2) is 66.0 Å². The van der Waals surface area contributed by atoms with E-state index >= 15 is 0 Å². The van der Waals surface area contributed by atoms with Crippen molar-refractivity contribution in [1.82, 2.24) is 14.9 Å². The zero-order valence-electron chi connectivity index (χ0n) is 16.2. The predicted octanol–water partition coefficient (Wildman–Crippen LogP) is 2.24. The molecular weight excluding hydrogens is 328 g/mol. The second-order valence-electron chi connectivity index (χ2n) is 7.95. The highest BCUT2D eigenvalue weighted by Gasteiger charge is 2.34. The van der Waals surface area contributed by atoms with E-state index in [1.165, 1.54) is 5.57 Å². The molecule has 1 unspecified atom stereocenters. The van der Waals surface area contributed by atoms with Gasteiger partial charge in [0.25, 0.3) is 0 Å². The first kappa shape index (κ1) is 19.3. The van der Waals surface area contributed by atoms with Crippen molar-refractivity contribution >= 4 is 5.95 Å². The lowest BCUT2D eigenvalue weighted by Crippen LogP contribution is -2.44. The number of rotatable bonds is 6. The standard InChI is InChI=1S/C20H32N4O2/c1-17(2)4-6-20(16-25)5-3-7-23(15-20)14-18-12-21-19(22-13-18)24-8-10-26-11-9-24/h4,12-13,25H,3,5-11,14-16H2,1-2H3. The van der Waals surface area contributed by atoms with Crippen LogP contribution in [0.5, 0.6) is 0 Å². The molecule has 3 heterocycles. The molecule has 0 radical (unpaired) electrons. The van der Waals surface area contributed by atoms with E-state index in [1.54, 1.807) is 0 Å². The summed E-state index contributed by atoms with van der Waals surface area (Å²) in [5.41, 5.74) is 2.45. The number of hydrogen-bond acceptors (Lipinski definition) is 6. The molecule has 6 heteroatoms. The molecule has 144 valence electrons. The summed E-state index contributed by atoms with van der Waals surface area (Å²) < 4.78 is 5.38. The second-order valence-corrected chi connectivity index (χ2v) is 7.95. The van der Waals surface area contributed by atoms with Gasteiger partial charge in [-0.25, -0.2) is 9.97 Å². The lowest BCUT2D eigenvalue weighted by atomic mass is 9.77. The molecule has 1 aromatic rings. The van der Waals surface area contributed by atoms with Gasteiger partial charge in [-0.2, -0.15) is 0 Å². The van der Waals surface area contributed by atoms with Gasteiger partial charge in [-0.3, -0.25) is 4.90 Å². The smallest absolute Gasteiger partial charge is 0.225 e. The Bertz CT molecular complexity index is 594. The van der Waals surface area contributed by atoms with Crippen LogP contribution in [0.25, 0.3) is 0 Å². The van der Waals surface area contributed by atoms with Crippen molar-refractivity contribution < 1.29 is 9.84 Å². The molecule has 1 aromatic heterocycles. The number of nitrogens with zero attached hydrogens (tertiary/aromatic N) is 4. The van der Waals surface area contributed by atoms with Crippen molar-refractivity contribution in [3.8, 4) is 0 Å². The fourth-order valence-corrected chi connectivity index (χ4v) is 3.84. The van der Waals surface area contributed by atoms with Crippen molar-refractivity contribution in [2.24, 2.45) is 5.41 Å². The maximum Gasteiger partial charge on any atom is 0.225 e. The fraction of sp³-hybridized carbons (Fsp3) is 0.700. The summed E-state index contributed by atoms with van der Waals surface area (Å²) in [6, 6.07) is 0. The number of aliphatic hydroxyl groups is 1. The number of piperidine rings is 1.